The molecule has 0 radical (unpaired) electrons. The fourth-order valence-electron chi connectivity index (χ4n) is 2.88. The fraction of sp³-hybridized carbons (Fsp3) is 0.316. The summed E-state index contributed by atoms with van der Waals surface area (Å²) in [5.41, 5.74) is 1.40. The Kier molecular flexibility index (Phi) is 5.48. The molecule has 0 saturated carbocycles. The van der Waals surface area contributed by atoms with Gasteiger partial charge in [-0.1, -0.05) is 18.2 Å². The Bertz CT molecular complexity index is 768. The molecule has 1 unspecified atom stereocenters. The first-order valence-electron chi connectivity index (χ1n) is 8.00. The molecule has 1 atom stereocenters. The second kappa shape index (κ2) is 7.78. The summed E-state index contributed by atoms with van der Waals surface area (Å²) in [5.74, 6) is 1.79. The van der Waals surface area contributed by atoms with Crippen LogP contribution in [0, 0.1) is 5.82 Å². The molecule has 1 fully saturated rings. The van der Waals surface area contributed by atoms with Crippen LogP contribution in [-0.2, 0) is 11.3 Å². The summed E-state index contributed by atoms with van der Waals surface area (Å²) in [4.78, 5) is 14.3. The molecule has 0 bridgehead atoms. The van der Waals surface area contributed by atoms with E-state index in [2.05, 4.69) is 0 Å². The lowest BCUT2D eigenvalue weighted by atomic mass is 10.1. The summed E-state index contributed by atoms with van der Waals surface area (Å²) < 4.78 is 24.8. The third-order valence-electron chi connectivity index (χ3n) is 4.20. The van der Waals surface area contributed by atoms with Crippen molar-refractivity contribution >= 4 is 17.7 Å². The first-order chi connectivity index (χ1) is 12.1. The Morgan fingerprint density at radius 2 is 2.00 bits per heavy atom. The molecular weight excluding hydrogens is 341 g/mol. The van der Waals surface area contributed by atoms with Crippen molar-refractivity contribution in [1.82, 2.24) is 4.90 Å². The molecule has 0 aromatic heterocycles. The summed E-state index contributed by atoms with van der Waals surface area (Å²) in [6, 6.07) is 12.1. The molecule has 1 amide bonds. The molecule has 4 nitrogen and oxygen atoms in total. The molecular formula is C19H20FNO3S. The van der Waals surface area contributed by atoms with Crippen molar-refractivity contribution < 1.29 is 18.7 Å². The number of hydrogen-bond acceptors (Lipinski definition) is 4. The zero-order valence-electron chi connectivity index (χ0n) is 14.2. The van der Waals surface area contributed by atoms with Gasteiger partial charge in [-0.15, -0.1) is 11.8 Å². The summed E-state index contributed by atoms with van der Waals surface area (Å²) >= 11 is 1.66. The lowest BCUT2D eigenvalue weighted by molar-refractivity contribution is -0.132. The number of carbonyl (C=O) groups is 1. The van der Waals surface area contributed by atoms with Gasteiger partial charge in [0.05, 0.1) is 14.2 Å². The van der Waals surface area contributed by atoms with Crippen molar-refractivity contribution in [2.45, 2.75) is 18.3 Å². The minimum Gasteiger partial charge on any atom is -0.497 e. The lowest BCUT2D eigenvalue weighted by Crippen LogP contribution is -2.37. The first-order valence-corrected chi connectivity index (χ1v) is 9.05. The molecule has 2 aromatic carbocycles. The largest absolute Gasteiger partial charge is 0.497 e. The zero-order valence-corrected chi connectivity index (χ0v) is 15.0. The Labute approximate surface area is 150 Å². The van der Waals surface area contributed by atoms with E-state index in [1.807, 2.05) is 12.1 Å². The number of carbonyl (C=O) groups excluding carboxylic acids is 1. The van der Waals surface area contributed by atoms with Crippen LogP contribution in [0.5, 0.6) is 11.5 Å². The zero-order chi connectivity index (χ0) is 17.8. The average Bonchev–Trinajstić information content (AvgIpc) is 2.64. The van der Waals surface area contributed by atoms with E-state index in [0.29, 0.717) is 23.5 Å². The van der Waals surface area contributed by atoms with Crippen LogP contribution in [0.15, 0.2) is 42.5 Å². The Morgan fingerprint density at radius 1 is 1.20 bits per heavy atom. The molecule has 25 heavy (non-hydrogen) atoms. The van der Waals surface area contributed by atoms with E-state index in [0.717, 1.165) is 11.3 Å². The van der Waals surface area contributed by atoms with Crippen molar-refractivity contribution in [3.8, 4) is 11.5 Å². The van der Waals surface area contributed by atoms with E-state index in [1.54, 1.807) is 55.1 Å². The highest BCUT2D eigenvalue weighted by molar-refractivity contribution is 7.99. The predicted molar refractivity (Wildman–Crippen MR) is 96.3 cm³/mol. The van der Waals surface area contributed by atoms with Crippen LogP contribution in [0.3, 0.4) is 0 Å². The first kappa shape index (κ1) is 17.6. The van der Waals surface area contributed by atoms with E-state index in [4.69, 9.17) is 9.47 Å². The predicted octanol–water partition coefficient (Wildman–Crippen LogP) is 4.01. The van der Waals surface area contributed by atoms with E-state index >= 15 is 0 Å². The maximum absolute atomic E-state index is 14.1. The lowest BCUT2D eigenvalue weighted by Gasteiger charge is -2.36. The van der Waals surface area contributed by atoms with E-state index in [9.17, 15) is 9.18 Å². The van der Waals surface area contributed by atoms with Crippen LogP contribution >= 0.6 is 11.8 Å². The molecule has 0 N–H and O–H groups in total. The smallest absolute Gasteiger partial charge is 0.224 e. The highest BCUT2D eigenvalue weighted by Gasteiger charge is 2.32. The van der Waals surface area contributed by atoms with Gasteiger partial charge < -0.3 is 14.4 Å². The van der Waals surface area contributed by atoms with Crippen molar-refractivity contribution in [1.29, 1.82) is 0 Å². The van der Waals surface area contributed by atoms with Gasteiger partial charge in [0.15, 0.2) is 0 Å². The number of ether oxygens (including phenoxy) is 2. The van der Waals surface area contributed by atoms with E-state index < -0.39 is 0 Å². The van der Waals surface area contributed by atoms with E-state index in [-0.39, 0.29) is 23.6 Å². The van der Waals surface area contributed by atoms with Gasteiger partial charge in [0.1, 0.15) is 22.7 Å². The van der Waals surface area contributed by atoms with Crippen LogP contribution in [0.25, 0.3) is 0 Å². The molecule has 3 rings (SSSR count). The Hall–Kier alpha value is -2.21. The Morgan fingerprint density at radius 3 is 2.72 bits per heavy atom. The van der Waals surface area contributed by atoms with Crippen molar-refractivity contribution in [3.63, 3.8) is 0 Å². The minimum atomic E-state index is -0.300. The second-order valence-corrected chi connectivity index (χ2v) is 6.88. The molecule has 132 valence electrons. The van der Waals surface area contributed by atoms with Crippen LogP contribution in [0.1, 0.15) is 22.9 Å². The second-order valence-electron chi connectivity index (χ2n) is 5.69. The third-order valence-corrected chi connectivity index (χ3v) is 5.46. The van der Waals surface area contributed by atoms with Gasteiger partial charge >= 0.3 is 0 Å². The number of rotatable bonds is 5. The summed E-state index contributed by atoms with van der Waals surface area (Å²) in [6.07, 6.45) is 0.452. The average molecular weight is 361 g/mol. The van der Waals surface area contributed by atoms with Crippen molar-refractivity contribution in [2.75, 3.05) is 20.0 Å². The molecule has 1 heterocycles. The van der Waals surface area contributed by atoms with Crippen molar-refractivity contribution in [3.05, 3.63) is 59.4 Å². The van der Waals surface area contributed by atoms with Gasteiger partial charge in [0.2, 0.25) is 5.91 Å². The van der Waals surface area contributed by atoms with Gasteiger partial charge in [-0.2, -0.15) is 0 Å². The number of benzene rings is 2. The van der Waals surface area contributed by atoms with Crippen molar-refractivity contribution in [2.24, 2.45) is 0 Å². The monoisotopic (exact) mass is 361 g/mol. The highest BCUT2D eigenvalue weighted by Crippen LogP contribution is 2.43. The third kappa shape index (κ3) is 3.74. The number of amides is 1. The fourth-order valence-corrected chi connectivity index (χ4v) is 4.15. The molecule has 1 saturated heterocycles. The quantitative estimate of drug-likeness (QED) is 0.807. The van der Waals surface area contributed by atoms with Gasteiger partial charge in [-0.25, -0.2) is 4.39 Å². The topological polar surface area (TPSA) is 38.8 Å². The number of halogens is 1. The molecule has 1 aliphatic heterocycles. The molecule has 0 spiro atoms. The number of methoxy groups -OCH3 is 2. The van der Waals surface area contributed by atoms with Crippen LogP contribution < -0.4 is 9.47 Å². The van der Waals surface area contributed by atoms with Gasteiger partial charge in [0, 0.05) is 35.9 Å². The maximum atomic E-state index is 14.1. The number of thioether (sulfide) groups is 1. The van der Waals surface area contributed by atoms with Crippen LogP contribution in [-0.4, -0.2) is 30.8 Å². The number of hydrogen-bond donors (Lipinski definition) is 0. The van der Waals surface area contributed by atoms with Gasteiger partial charge in [-0.3, -0.25) is 4.79 Å². The van der Waals surface area contributed by atoms with Crippen LogP contribution in [0.4, 0.5) is 4.39 Å². The Balaban J connectivity index is 1.95. The summed E-state index contributed by atoms with van der Waals surface area (Å²) in [6.45, 7) is 0.234. The molecule has 6 heteroatoms. The van der Waals surface area contributed by atoms with Gasteiger partial charge in [0.25, 0.3) is 0 Å². The number of nitrogens with zero attached hydrogens (tertiary/aromatic N) is 1. The molecule has 0 aliphatic carbocycles. The highest BCUT2D eigenvalue weighted by atomic mass is 32.2. The summed E-state index contributed by atoms with van der Waals surface area (Å²) in [5, 5.41) is -0.221. The molecule has 1 aliphatic rings. The molecule has 2 aromatic rings. The van der Waals surface area contributed by atoms with Gasteiger partial charge in [-0.05, 0) is 18.2 Å². The normalized spacial score (nSPS) is 17.5. The summed E-state index contributed by atoms with van der Waals surface area (Å²) in [7, 11) is 3.19. The van der Waals surface area contributed by atoms with E-state index in [1.165, 1.54) is 6.07 Å². The standard InChI is InChI=1S/C19H20FNO3S/c1-23-14-7-8-15(17(11-14)24-2)19-21(18(22)9-10-25-19)12-13-5-3-4-6-16(13)20/h3-8,11,19H,9-10,12H2,1-2H3. The maximum Gasteiger partial charge on any atom is 0.224 e. The SMILES string of the molecule is COc1ccc(C2SCCC(=O)N2Cc2ccccc2F)c(OC)c1. The minimum absolute atomic E-state index is 0.0184. The van der Waals surface area contributed by atoms with Crippen LogP contribution in [0.2, 0.25) is 0 Å².